The predicted octanol–water partition coefficient (Wildman–Crippen LogP) is 1.90. The minimum atomic E-state index is -0.390. The fourth-order valence-electron chi connectivity index (χ4n) is 2.14. The van der Waals surface area contributed by atoms with Crippen LogP contribution in [0.1, 0.15) is 62.8 Å². The molecule has 0 unspecified atom stereocenters. The van der Waals surface area contributed by atoms with E-state index in [1.54, 1.807) is 11.8 Å². The van der Waals surface area contributed by atoms with E-state index in [1.165, 1.54) is 6.26 Å². The number of oxazole rings is 1. The van der Waals surface area contributed by atoms with Crippen LogP contribution in [0.3, 0.4) is 0 Å². The number of nitrogens with zero attached hydrogens (tertiary/aromatic N) is 2. The smallest absolute Gasteiger partial charge is 0.306 e. The molecule has 1 heterocycles. The Labute approximate surface area is 147 Å². The summed E-state index contributed by atoms with van der Waals surface area (Å²) in [5.41, 5.74) is 0.193. The zero-order chi connectivity index (χ0) is 18.7. The lowest BCUT2D eigenvalue weighted by atomic mass is 10.2. The van der Waals surface area contributed by atoms with E-state index < -0.39 is 5.97 Å². The number of carbonyl (C=O) groups is 3. The van der Waals surface area contributed by atoms with Gasteiger partial charge in [-0.2, -0.15) is 0 Å². The largest absolute Gasteiger partial charge is 0.466 e. The quantitative estimate of drug-likeness (QED) is 0.610. The van der Waals surface area contributed by atoms with Gasteiger partial charge in [0.1, 0.15) is 6.26 Å². The van der Waals surface area contributed by atoms with Crippen molar-refractivity contribution in [2.75, 3.05) is 19.7 Å². The van der Waals surface area contributed by atoms with Gasteiger partial charge in [-0.05, 0) is 19.8 Å². The molecule has 1 rings (SSSR count). The fraction of sp³-hybridized carbons (Fsp3) is 0.647. The van der Waals surface area contributed by atoms with Gasteiger partial charge < -0.3 is 19.4 Å². The van der Waals surface area contributed by atoms with Crippen molar-refractivity contribution in [1.82, 2.24) is 15.2 Å². The van der Waals surface area contributed by atoms with E-state index in [9.17, 15) is 14.4 Å². The third kappa shape index (κ3) is 7.36. The SMILES string of the molecule is CCCNC(=O)c1coc(CN(CCC)C(=O)CCC(=O)OCC)n1. The number of aromatic nitrogens is 1. The molecule has 1 aromatic rings. The maximum Gasteiger partial charge on any atom is 0.306 e. The summed E-state index contributed by atoms with van der Waals surface area (Å²) >= 11 is 0. The van der Waals surface area contributed by atoms with Gasteiger partial charge in [-0.3, -0.25) is 14.4 Å². The highest BCUT2D eigenvalue weighted by Crippen LogP contribution is 2.09. The first-order valence-electron chi connectivity index (χ1n) is 8.67. The van der Waals surface area contributed by atoms with Gasteiger partial charge in [-0.25, -0.2) is 4.98 Å². The van der Waals surface area contributed by atoms with Crippen molar-refractivity contribution in [3.63, 3.8) is 0 Å². The Morgan fingerprint density at radius 2 is 1.96 bits per heavy atom. The van der Waals surface area contributed by atoms with Crippen LogP contribution in [0.2, 0.25) is 0 Å². The Morgan fingerprint density at radius 3 is 2.60 bits per heavy atom. The van der Waals surface area contributed by atoms with Crippen molar-refractivity contribution >= 4 is 17.8 Å². The lowest BCUT2D eigenvalue weighted by Gasteiger charge is -2.20. The first-order chi connectivity index (χ1) is 12.0. The molecule has 0 spiro atoms. The van der Waals surface area contributed by atoms with Crippen LogP contribution in [0.4, 0.5) is 0 Å². The number of ether oxygens (including phenoxy) is 1. The highest BCUT2D eigenvalue weighted by Gasteiger charge is 2.19. The third-order valence-electron chi connectivity index (χ3n) is 3.34. The highest BCUT2D eigenvalue weighted by molar-refractivity contribution is 5.91. The molecule has 0 saturated carbocycles. The van der Waals surface area contributed by atoms with E-state index in [0.29, 0.717) is 25.6 Å². The molecule has 2 amide bonds. The van der Waals surface area contributed by atoms with Gasteiger partial charge >= 0.3 is 5.97 Å². The van der Waals surface area contributed by atoms with Crippen LogP contribution in [-0.4, -0.2) is 47.4 Å². The fourth-order valence-corrected chi connectivity index (χ4v) is 2.14. The second-order valence-corrected chi connectivity index (χ2v) is 5.50. The Morgan fingerprint density at radius 1 is 1.20 bits per heavy atom. The van der Waals surface area contributed by atoms with E-state index >= 15 is 0 Å². The summed E-state index contributed by atoms with van der Waals surface area (Å²) in [5, 5.41) is 2.71. The predicted molar refractivity (Wildman–Crippen MR) is 90.7 cm³/mol. The highest BCUT2D eigenvalue weighted by atomic mass is 16.5. The number of amides is 2. The van der Waals surface area contributed by atoms with E-state index in [-0.39, 0.29) is 36.9 Å². The van der Waals surface area contributed by atoms with Crippen LogP contribution in [-0.2, 0) is 20.9 Å². The molecule has 25 heavy (non-hydrogen) atoms. The molecule has 8 nitrogen and oxygen atoms in total. The average molecular weight is 353 g/mol. The number of hydrogen-bond acceptors (Lipinski definition) is 6. The molecule has 8 heteroatoms. The lowest BCUT2D eigenvalue weighted by Crippen LogP contribution is -2.32. The molecule has 0 radical (unpaired) electrons. The standard InChI is InChI=1S/C17H27N3O5/c1-4-9-18-17(23)13-12-25-14(19-13)11-20(10-5-2)15(21)7-8-16(22)24-6-3/h12H,4-11H2,1-3H3,(H,18,23). The Balaban J connectivity index is 2.62. The van der Waals surface area contributed by atoms with E-state index in [1.807, 2.05) is 13.8 Å². The van der Waals surface area contributed by atoms with Gasteiger partial charge in [0.2, 0.25) is 11.8 Å². The van der Waals surface area contributed by atoms with Crippen LogP contribution in [0.5, 0.6) is 0 Å². The van der Waals surface area contributed by atoms with Crippen LogP contribution in [0.25, 0.3) is 0 Å². The Hall–Kier alpha value is -2.38. The van der Waals surface area contributed by atoms with E-state index in [4.69, 9.17) is 9.15 Å². The second kappa shape index (κ2) is 11.2. The summed E-state index contributed by atoms with van der Waals surface area (Å²) in [6.45, 7) is 7.17. The van der Waals surface area contributed by atoms with Gasteiger partial charge in [-0.1, -0.05) is 13.8 Å². The maximum absolute atomic E-state index is 12.3. The van der Waals surface area contributed by atoms with Gasteiger partial charge in [0, 0.05) is 19.5 Å². The van der Waals surface area contributed by atoms with Crippen molar-refractivity contribution < 1.29 is 23.5 Å². The number of nitrogens with one attached hydrogen (secondary N) is 1. The van der Waals surface area contributed by atoms with Crippen LogP contribution in [0.15, 0.2) is 10.7 Å². The second-order valence-electron chi connectivity index (χ2n) is 5.50. The molecule has 0 saturated heterocycles. The Bertz CT molecular complexity index is 570. The normalized spacial score (nSPS) is 10.4. The van der Waals surface area contributed by atoms with Crippen molar-refractivity contribution in [3.8, 4) is 0 Å². The van der Waals surface area contributed by atoms with E-state index in [2.05, 4.69) is 10.3 Å². The molecule has 0 aromatic carbocycles. The van der Waals surface area contributed by atoms with Crippen molar-refractivity contribution in [2.24, 2.45) is 0 Å². The molecule has 0 bridgehead atoms. The van der Waals surface area contributed by atoms with Gasteiger partial charge in [-0.15, -0.1) is 0 Å². The molecular weight excluding hydrogens is 326 g/mol. The molecule has 0 atom stereocenters. The number of esters is 1. The monoisotopic (exact) mass is 353 g/mol. The van der Waals surface area contributed by atoms with Crippen LogP contribution < -0.4 is 5.32 Å². The molecule has 1 N–H and O–H groups in total. The average Bonchev–Trinajstić information content (AvgIpc) is 3.06. The lowest BCUT2D eigenvalue weighted by molar-refractivity contribution is -0.145. The van der Waals surface area contributed by atoms with Gasteiger partial charge in [0.15, 0.2) is 5.69 Å². The zero-order valence-electron chi connectivity index (χ0n) is 15.2. The van der Waals surface area contributed by atoms with Gasteiger partial charge in [0.05, 0.1) is 19.6 Å². The molecule has 0 fully saturated rings. The zero-order valence-corrected chi connectivity index (χ0v) is 15.2. The Kier molecular flexibility index (Phi) is 9.28. The number of rotatable bonds is 11. The molecule has 0 aliphatic rings. The third-order valence-corrected chi connectivity index (χ3v) is 3.34. The summed E-state index contributed by atoms with van der Waals surface area (Å²) in [6.07, 6.45) is 2.99. The van der Waals surface area contributed by atoms with Crippen molar-refractivity contribution in [3.05, 3.63) is 17.8 Å². The molecular formula is C17H27N3O5. The maximum atomic E-state index is 12.3. The summed E-state index contributed by atoms with van der Waals surface area (Å²) in [4.78, 5) is 41.2. The summed E-state index contributed by atoms with van der Waals surface area (Å²) in [5.74, 6) is -0.574. The topological polar surface area (TPSA) is 102 Å². The van der Waals surface area contributed by atoms with Crippen molar-refractivity contribution in [2.45, 2.75) is 53.0 Å². The van der Waals surface area contributed by atoms with Crippen LogP contribution in [0, 0.1) is 0 Å². The first kappa shape index (κ1) is 20.7. The molecule has 1 aromatic heterocycles. The summed E-state index contributed by atoms with van der Waals surface area (Å²) < 4.78 is 10.1. The van der Waals surface area contributed by atoms with Crippen LogP contribution >= 0.6 is 0 Å². The molecule has 140 valence electrons. The summed E-state index contributed by atoms with van der Waals surface area (Å²) in [7, 11) is 0. The molecule has 0 aliphatic carbocycles. The minimum Gasteiger partial charge on any atom is -0.466 e. The number of hydrogen-bond donors (Lipinski definition) is 1. The summed E-state index contributed by atoms with van der Waals surface area (Å²) in [6, 6.07) is 0. The van der Waals surface area contributed by atoms with E-state index in [0.717, 1.165) is 12.8 Å². The number of carbonyl (C=O) groups excluding carboxylic acids is 3. The minimum absolute atomic E-state index is 0.0448. The molecule has 0 aliphatic heterocycles. The first-order valence-corrected chi connectivity index (χ1v) is 8.67. The van der Waals surface area contributed by atoms with Gasteiger partial charge in [0.25, 0.3) is 5.91 Å². The van der Waals surface area contributed by atoms with Crippen molar-refractivity contribution in [1.29, 1.82) is 0 Å².